The van der Waals surface area contributed by atoms with Crippen molar-refractivity contribution in [1.29, 1.82) is 0 Å². The van der Waals surface area contributed by atoms with Crippen molar-refractivity contribution in [2.45, 2.75) is 11.6 Å². The molecule has 0 bridgehead atoms. The first kappa shape index (κ1) is 21.2. The number of amides is 1. The first-order chi connectivity index (χ1) is 14.5. The van der Waals surface area contributed by atoms with E-state index in [1.54, 1.807) is 13.3 Å². The Morgan fingerprint density at radius 1 is 1.20 bits per heavy atom. The number of nitro benzene ring substituents is 1. The van der Waals surface area contributed by atoms with Gasteiger partial charge in [-0.1, -0.05) is 11.8 Å². The third-order valence-electron chi connectivity index (χ3n) is 4.19. The van der Waals surface area contributed by atoms with Crippen LogP contribution in [0.3, 0.4) is 0 Å². The third kappa shape index (κ3) is 5.09. The van der Waals surface area contributed by atoms with Crippen LogP contribution >= 0.6 is 11.8 Å². The molecule has 3 rings (SSSR count). The summed E-state index contributed by atoms with van der Waals surface area (Å²) in [5.74, 6) is 1.33. The summed E-state index contributed by atoms with van der Waals surface area (Å²) >= 11 is 1.44. The third-order valence-corrected chi connectivity index (χ3v) is 5.15. The Labute approximate surface area is 177 Å². The summed E-state index contributed by atoms with van der Waals surface area (Å²) in [6.07, 6.45) is 3.74. The number of aromatic nitrogens is 2. The molecule has 0 aliphatic rings. The minimum atomic E-state index is -0.524. The van der Waals surface area contributed by atoms with Gasteiger partial charge >= 0.3 is 0 Å². The fraction of sp³-hybridized carbons (Fsp3) is 0.200. The Morgan fingerprint density at radius 2 is 1.97 bits per heavy atom. The lowest BCUT2D eigenvalue weighted by molar-refractivity contribution is -0.384. The minimum Gasteiger partial charge on any atom is -0.497 e. The lowest BCUT2D eigenvalue weighted by Gasteiger charge is -2.10. The number of methoxy groups -OCH3 is 2. The number of nitrogens with one attached hydrogen (secondary N) is 1. The van der Waals surface area contributed by atoms with Crippen LogP contribution in [0.25, 0.3) is 5.69 Å². The van der Waals surface area contributed by atoms with E-state index in [-0.39, 0.29) is 23.7 Å². The van der Waals surface area contributed by atoms with Gasteiger partial charge in [0.05, 0.1) is 24.8 Å². The van der Waals surface area contributed by atoms with E-state index in [1.807, 2.05) is 35.0 Å². The van der Waals surface area contributed by atoms with Crippen LogP contribution in [0.4, 0.5) is 11.4 Å². The first-order valence-electron chi connectivity index (χ1n) is 8.94. The Balaban J connectivity index is 1.60. The highest BCUT2D eigenvalue weighted by Gasteiger charge is 2.14. The van der Waals surface area contributed by atoms with Crippen molar-refractivity contribution in [3.8, 4) is 17.2 Å². The van der Waals surface area contributed by atoms with Crippen molar-refractivity contribution in [3.05, 3.63) is 65.0 Å². The monoisotopic (exact) mass is 428 g/mol. The van der Waals surface area contributed by atoms with Crippen molar-refractivity contribution >= 4 is 29.0 Å². The second-order valence-electron chi connectivity index (χ2n) is 6.07. The predicted molar refractivity (Wildman–Crippen MR) is 114 cm³/mol. The molecule has 1 heterocycles. The van der Waals surface area contributed by atoms with Gasteiger partial charge < -0.3 is 14.8 Å². The molecule has 156 valence electrons. The van der Waals surface area contributed by atoms with Crippen LogP contribution < -0.4 is 14.8 Å². The van der Waals surface area contributed by atoms with Gasteiger partial charge in [-0.3, -0.25) is 19.5 Å². The maximum Gasteiger partial charge on any atom is 0.271 e. The molecule has 1 aromatic heterocycles. The van der Waals surface area contributed by atoms with Gasteiger partial charge in [0.2, 0.25) is 5.91 Å². The lowest BCUT2D eigenvalue weighted by Crippen LogP contribution is -2.13. The average molecular weight is 428 g/mol. The highest BCUT2D eigenvalue weighted by molar-refractivity contribution is 7.99. The number of imidazole rings is 1. The molecule has 1 amide bonds. The smallest absolute Gasteiger partial charge is 0.271 e. The summed E-state index contributed by atoms with van der Waals surface area (Å²) in [5, 5.41) is 14.4. The van der Waals surface area contributed by atoms with Crippen LogP contribution in [-0.4, -0.2) is 40.4 Å². The van der Waals surface area contributed by atoms with Crippen LogP contribution in [0.15, 0.2) is 60.0 Å². The zero-order valence-electron chi connectivity index (χ0n) is 16.4. The van der Waals surface area contributed by atoms with Gasteiger partial charge in [0.15, 0.2) is 5.16 Å². The van der Waals surface area contributed by atoms with Crippen LogP contribution in [-0.2, 0) is 4.79 Å². The summed E-state index contributed by atoms with van der Waals surface area (Å²) in [7, 11) is 3.05. The van der Waals surface area contributed by atoms with Gasteiger partial charge in [-0.2, -0.15) is 0 Å². The molecule has 3 aromatic rings. The summed E-state index contributed by atoms with van der Waals surface area (Å²) in [6.45, 7) is 0. The number of carbonyl (C=O) groups excluding carboxylic acids is 1. The zero-order valence-corrected chi connectivity index (χ0v) is 17.2. The Bertz CT molecular complexity index is 1040. The molecule has 0 unspecified atom stereocenters. The molecular weight excluding hydrogens is 408 g/mol. The molecule has 0 aliphatic carbocycles. The van der Waals surface area contributed by atoms with E-state index in [0.717, 1.165) is 16.6 Å². The van der Waals surface area contributed by atoms with Gasteiger partial charge in [0.1, 0.15) is 11.5 Å². The van der Waals surface area contributed by atoms with Gasteiger partial charge in [-0.15, -0.1) is 0 Å². The number of hydrogen-bond donors (Lipinski definition) is 1. The lowest BCUT2D eigenvalue weighted by atomic mass is 10.2. The Kier molecular flexibility index (Phi) is 6.91. The SMILES string of the molecule is COc1ccc(-n2ccnc2SCCC(=O)Nc2cc([N+](=O)[O-])ccc2OC)cc1. The summed E-state index contributed by atoms with van der Waals surface area (Å²) < 4.78 is 12.3. The standard InChI is InChI=1S/C20H20N4O5S/c1-28-16-6-3-14(4-7-16)23-11-10-21-20(23)30-12-9-19(25)22-17-13-15(24(26)27)5-8-18(17)29-2/h3-8,10-11,13H,9,12H2,1-2H3,(H,22,25). The van der Waals surface area contributed by atoms with E-state index < -0.39 is 4.92 Å². The molecule has 0 spiro atoms. The number of anilines is 1. The average Bonchev–Trinajstić information content (AvgIpc) is 3.22. The maximum atomic E-state index is 12.3. The molecule has 30 heavy (non-hydrogen) atoms. The van der Waals surface area contributed by atoms with E-state index in [9.17, 15) is 14.9 Å². The molecule has 2 aromatic carbocycles. The normalized spacial score (nSPS) is 10.5. The number of hydrogen-bond acceptors (Lipinski definition) is 7. The van der Waals surface area contributed by atoms with Gasteiger partial charge in [-0.05, 0) is 30.3 Å². The fourth-order valence-corrected chi connectivity index (χ4v) is 3.60. The van der Waals surface area contributed by atoms with E-state index in [0.29, 0.717) is 11.5 Å². The van der Waals surface area contributed by atoms with E-state index in [4.69, 9.17) is 9.47 Å². The molecule has 0 atom stereocenters. The molecule has 0 saturated carbocycles. The molecule has 0 aliphatic heterocycles. The van der Waals surface area contributed by atoms with Gasteiger partial charge in [0, 0.05) is 42.4 Å². The Hall–Kier alpha value is -3.53. The second kappa shape index (κ2) is 9.79. The molecule has 10 heteroatoms. The number of carbonyl (C=O) groups is 1. The summed E-state index contributed by atoms with van der Waals surface area (Å²) in [5.41, 5.74) is 1.07. The number of nitro groups is 1. The predicted octanol–water partition coefficient (Wildman–Crippen LogP) is 3.92. The van der Waals surface area contributed by atoms with E-state index in [1.165, 1.54) is 37.1 Å². The molecule has 9 nitrogen and oxygen atoms in total. The molecule has 0 fully saturated rings. The highest BCUT2D eigenvalue weighted by Crippen LogP contribution is 2.29. The quantitative estimate of drug-likeness (QED) is 0.313. The topological polar surface area (TPSA) is 109 Å². The summed E-state index contributed by atoms with van der Waals surface area (Å²) in [4.78, 5) is 27.1. The zero-order chi connectivity index (χ0) is 21.5. The highest BCUT2D eigenvalue weighted by atomic mass is 32.2. The number of non-ortho nitro benzene ring substituents is 1. The minimum absolute atomic E-state index is 0.123. The van der Waals surface area contributed by atoms with Crippen LogP contribution in [0.2, 0.25) is 0 Å². The number of benzene rings is 2. The molecule has 0 radical (unpaired) electrons. The van der Waals surface area contributed by atoms with Crippen LogP contribution in [0.1, 0.15) is 6.42 Å². The van der Waals surface area contributed by atoms with Crippen LogP contribution in [0.5, 0.6) is 11.5 Å². The fourth-order valence-electron chi connectivity index (χ4n) is 2.69. The second-order valence-corrected chi connectivity index (χ2v) is 7.13. The maximum absolute atomic E-state index is 12.3. The van der Waals surface area contributed by atoms with E-state index >= 15 is 0 Å². The van der Waals surface area contributed by atoms with E-state index in [2.05, 4.69) is 10.3 Å². The number of ether oxygens (including phenoxy) is 2. The Morgan fingerprint density at radius 3 is 2.63 bits per heavy atom. The molecule has 0 saturated heterocycles. The van der Waals surface area contributed by atoms with Crippen LogP contribution in [0, 0.1) is 10.1 Å². The van der Waals surface area contributed by atoms with Crippen molar-refractivity contribution in [2.24, 2.45) is 0 Å². The van der Waals surface area contributed by atoms with Crippen molar-refractivity contribution in [2.75, 3.05) is 25.3 Å². The largest absolute Gasteiger partial charge is 0.497 e. The van der Waals surface area contributed by atoms with Gasteiger partial charge in [0.25, 0.3) is 5.69 Å². The molecular formula is C20H20N4O5S. The van der Waals surface area contributed by atoms with Crippen molar-refractivity contribution in [1.82, 2.24) is 9.55 Å². The number of nitrogens with zero attached hydrogens (tertiary/aromatic N) is 3. The number of thioether (sulfide) groups is 1. The van der Waals surface area contributed by atoms with Gasteiger partial charge in [-0.25, -0.2) is 4.98 Å². The van der Waals surface area contributed by atoms with Crippen molar-refractivity contribution in [3.63, 3.8) is 0 Å². The number of rotatable bonds is 9. The molecule has 1 N–H and O–H groups in total. The summed E-state index contributed by atoms with van der Waals surface area (Å²) in [6, 6.07) is 11.6. The first-order valence-corrected chi connectivity index (χ1v) is 9.93. The van der Waals surface area contributed by atoms with Crippen molar-refractivity contribution < 1.29 is 19.2 Å².